The molecule has 3 rings (SSSR count). The normalized spacial score (nSPS) is 11.0. The Bertz CT molecular complexity index is 725. The number of pyridine rings is 1. The zero-order valence-electron chi connectivity index (χ0n) is 10.3. The van der Waals surface area contributed by atoms with E-state index in [0.29, 0.717) is 18.2 Å². The number of methoxy groups -OCH3 is 1. The molecular formula is C13H12N4OS. The highest BCUT2D eigenvalue weighted by atomic mass is 32.1. The van der Waals surface area contributed by atoms with Crippen molar-refractivity contribution < 1.29 is 4.74 Å². The third-order valence-corrected chi connectivity index (χ3v) is 3.51. The Balaban J connectivity index is 2.09. The predicted octanol–water partition coefficient (Wildman–Crippen LogP) is 2.48. The Morgan fingerprint density at radius 1 is 1.32 bits per heavy atom. The quantitative estimate of drug-likeness (QED) is 0.793. The van der Waals surface area contributed by atoms with Gasteiger partial charge in [-0.3, -0.25) is 4.98 Å². The fourth-order valence-electron chi connectivity index (χ4n) is 1.84. The number of nitrogen functional groups attached to an aromatic ring is 1. The summed E-state index contributed by atoms with van der Waals surface area (Å²) in [5.74, 6) is 1.01. The maximum atomic E-state index is 5.80. The second-order valence-corrected chi connectivity index (χ2v) is 5.02. The van der Waals surface area contributed by atoms with E-state index in [4.69, 9.17) is 10.5 Å². The van der Waals surface area contributed by atoms with Gasteiger partial charge >= 0.3 is 0 Å². The fourth-order valence-corrected chi connectivity index (χ4v) is 2.62. The lowest BCUT2D eigenvalue weighted by molar-refractivity contribution is 0.181. The van der Waals surface area contributed by atoms with Crippen molar-refractivity contribution in [1.82, 2.24) is 15.0 Å². The van der Waals surface area contributed by atoms with Crippen LogP contribution >= 0.6 is 11.3 Å². The van der Waals surface area contributed by atoms with E-state index in [1.54, 1.807) is 30.7 Å². The minimum absolute atomic E-state index is 0.411. The highest BCUT2D eigenvalue weighted by Crippen LogP contribution is 2.24. The zero-order valence-corrected chi connectivity index (χ0v) is 11.1. The van der Waals surface area contributed by atoms with E-state index in [-0.39, 0.29) is 0 Å². The van der Waals surface area contributed by atoms with Crippen LogP contribution in [0.25, 0.3) is 21.6 Å². The molecule has 0 aromatic carbocycles. The lowest BCUT2D eigenvalue weighted by Crippen LogP contribution is -2.01. The van der Waals surface area contributed by atoms with E-state index in [1.165, 1.54) is 0 Å². The zero-order chi connectivity index (χ0) is 13.2. The molecule has 19 heavy (non-hydrogen) atoms. The number of nitrogens with two attached hydrogens (primary N) is 1. The molecule has 0 aliphatic rings. The third-order valence-electron chi connectivity index (χ3n) is 2.65. The Kier molecular flexibility index (Phi) is 3.10. The van der Waals surface area contributed by atoms with E-state index < -0.39 is 0 Å². The van der Waals surface area contributed by atoms with Crippen LogP contribution in [0.5, 0.6) is 0 Å². The van der Waals surface area contributed by atoms with Crippen molar-refractivity contribution in [3.63, 3.8) is 0 Å². The lowest BCUT2D eigenvalue weighted by Gasteiger charge is -2.05. The molecule has 6 heteroatoms. The second-order valence-electron chi connectivity index (χ2n) is 4.07. The maximum absolute atomic E-state index is 5.80. The first-order valence-electron chi connectivity index (χ1n) is 5.72. The molecule has 0 saturated carbocycles. The fraction of sp³-hybridized carbons (Fsp3) is 0.154. The van der Waals surface area contributed by atoms with Crippen LogP contribution in [0.3, 0.4) is 0 Å². The molecule has 0 radical (unpaired) electrons. The molecule has 3 aromatic heterocycles. The Hall–Kier alpha value is -2.05. The van der Waals surface area contributed by atoms with Crippen molar-refractivity contribution in [3.05, 3.63) is 35.5 Å². The minimum atomic E-state index is 0.411. The van der Waals surface area contributed by atoms with Crippen LogP contribution in [-0.4, -0.2) is 22.1 Å². The minimum Gasteiger partial charge on any atom is -0.384 e. The molecule has 0 aliphatic carbocycles. The summed E-state index contributed by atoms with van der Waals surface area (Å²) in [5.41, 5.74) is 8.40. The summed E-state index contributed by atoms with van der Waals surface area (Å²) in [5, 5.41) is 2.01. The number of ether oxygens (including phenoxy) is 1. The average Bonchev–Trinajstić information content (AvgIpc) is 2.85. The van der Waals surface area contributed by atoms with Gasteiger partial charge in [0, 0.05) is 24.9 Å². The molecule has 5 nitrogen and oxygen atoms in total. The SMILES string of the molecule is COCc1cc(N)nc(-c2cnc3ccsc3c2)n1. The molecule has 96 valence electrons. The lowest BCUT2D eigenvalue weighted by atomic mass is 10.2. The standard InChI is InChI=1S/C13H12N4OS/c1-18-7-9-5-12(14)17-13(16-9)8-4-11-10(15-6-8)2-3-19-11/h2-6H,7H2,1H3,(H2,14,16,17). The van der Waals surface area contributed by atoms with Gasteiger partial charge in [-0.2, -0.15) is 0 Å². The van der Waals surface area contributed by atoms with Gasteiger partial charge in [0.05, 0.1) is 22.5 Å². The number of thiophene rings is 1. The van der Waals surface area contributed by atoms with Gasteiger partial charge in [-0.15, -0.1) is 11.3 Å². The molecule has 0 bridgehead atoms. The highest BCUT2D eigenvalue weighted by molar-refractivity contribution is 7.17. The van der Waals surface area contributed by atoms with Gasteiger partial charge in [0.1, 0.15) is 5.82 Å². The van der Waals surface area contributed by atoms with Crippen LogP contribution in [0, 0.1) is 0 Å². The smallest absolute Gasteiger partial charge is 0.163 e. The van der Waals surface area contributed by atoms with Gasteiger partial charge in [-0.1, -0.05) is 0 Å². The molecule has 2 N–H and O–H groups in total. The molecule has 3 heterocycles. The third kappa shape index (κ3) is 2.40. The van der Waals surface area contributed by atoms with Crippen molar-refractivity contribution in [2.45, 2.75) is 6.61 Å². The van der Waals surface area contributed by atoms with E-state index in [2.05, 4.69) is 15.0 Å². The summed E-state index contributed by atoms with van der Waals surface area (Å²) in [4.78, 5) is 13.1. The van der Waals surface area contributed by atoms with E-state index in [0.717, 1.165) is 21.5 Å². The van der Waals surface area contributed by atoms with Crippen LogP contribution < -0.4 is 5.73 Å². The summed E-state index contributed by atoms with van der Waals surface area (Å²) < 4.78 is 6.18. The van der Waals surface area contributed by atoms with Crippen molar-refractivity contribution in [3.8, 4) is 11.4 Å². The summed E-state index contributed by atoms with van der Waals surface area (Å²) >= 11 is 1.64. The number of hydrogen-bond donors (Lipinski definition) is 1. The Morgan fingerprint density at radius 2 is 2.21 bits per heavy atom. The molecule has 0 amide bonds. The molecule has 0 saturated heterocycles. The number of anilines is 1. The van der Waals surface area contributed by atoms with Crippen LogP contribution in [0.2, 0.25) is 0 Å². The average molecular weight is 272 g/mol. The van der Waals surface area contributed by atoms with Gasteiger partial charge < -0.3 is 10.5 Å². The summed E-state index contributed by atoms with van der Waals surface area (Å²) in [6.45, 7) is 0.411. The number of fused-ring (bicyclic) bond motifs is 1. The number of nitrogens with zero attached hydrogens (tertiary/aromatic N) is 3. The van der Waals surface area contributed by atoms with Crippen molar-refractivity contribution >= 4 is 27.4 Å². The maximum Gasteiger partial charge on any atom is 0.163 e. The molecule has 3 aromatic rings. The van der Waals surface area contributed by atoms with Gasteiger partial charge in [-0.05, 0) is 17.5 Å². The molecule has 0 spiro atoms. The van der Waals surface area contributed by atoms with Crippen LogP contribution in [-0.2, 0) is 11.3 Å². The van der Waals surface area contributed by atoms with Gasteiger partial charge in [0.2, 0.25) is 0 Å². The van der Waals surface area contributed by atoms with Gasteiger partial charge in [-0.25, -0.2) is 9.97 Å². The summed E-state index contributed by atoms with van der Waals surface area (Å²) in [6, 6.07) is 5.73. The van der Waals surface area contributed by atoms with E-state index >= 15 is 0 Å². The highest BCUT2D eigenvalue weighted by Gasteiger charge is 2.07. The monoisotopic (exact) mass is 272 g/mol. The number of aromatic nitrogens is 3. The Labute approximate surface area is 114 Å². The largest absolute Gasteiger partial charge is 0.384 e. The first-order chi connectivity index (χ1) is 9.26. The van der Waals surface area contributed by atoms with Gasteiger partial charge in [0.15, 0.2) is 5.82 Å². The first-order valence-corrected chi connectivity index (χ1v) is 6.60. The van der Waals surface area contributed by atoms with Crippen LogP contribution in [0.1, 0.15) is 5.69 Å². The topological polar surface area (TPSA) is 73.9 Å². The number of rotatable bonds is 3. The van der Waals surface area contributed by atoms with E-state index in [1.807, 2.05) is 17.5 Å². The molecule has 0 unspecified atom stereocenters. The molecule has 0 atom stereocenters. The van der Waals surface area contributed by atoms with Crippen molar-refractivity contribution in [2.75, 3.05) is 12.8 Å². The van der Waals surface area contributed by atoms with Gasteiger partial charge in [0.25, 0.3) is 0 Å². The molecule has 0 fully saturated rings. The van der Waals surface area contributed by atoms with E-state index in [9.17, 15) is 0 Å². The second kappa shape index (κ2) is 4.91. The summed E-state index contributed by atoms with van der Waals surface area (Å²) in [7, 11) is 1.62. The van der Waals surface area contributed by atoms with Crippen molar-refractivity contribution in [1.29, 1.82) is 0 Å². The molecular weight excluding hydrogens is 260 g/mol. The van der Waals surface area contributed by atoms with Crippen LogP contribution in [0.15, 0.2) is 29.8 Å². The number of hydrogen-bond acceptors (Lipinski definition) is 6. The molecule has 0 aliphatic heterocycles. The van der Waals surface area contributed by atoms with Crippen LogP contribution in [0.4, 0.5) is 5.82 Å². The predicted molar refractivity (Wildman–Crippen MR) is 75.8 cm³/mol. The summed E-state index contributed by atoms with van der Waals surface area (Å²) in [6.07, 6.45) is 1.76. The first kappa shape index (κ1) is 12.0. The Morgan fingerprint density at radius 3 is 3.05 bits per heavy atom. The van der Waals surface area contributed by atoms with Crippen molar-refractivity contribution in [2.24, 2.45) is 0 Å².